The number of ether oxygens (including phenoxy) is 3. The maximum absolute atomic E-state index is 12.3. The Morgan fingerprint density at radius 2 is 1.76 bits per heavy atom. The molecule has 3 amide bonds. The fourth-order valence-electron chi connectivity index (χ4n) is 2.91. The van der Waals surface area contributed by atoms with Crippen LogP contribution in [0, 0.1) is 0 Å². The van der Waals surface area contributed by atoms with Gasteiger partial charge in [-0.25, -0.2) is 4.79 Å². The van der Waals surface area contributed by atoms with E-state index in [1.54, 1.807) is 18.2 Å². The number of hydrogen-bond donors (Lipinski definition) is 2. The molecule has 1 atom stereocenters. The molecule has 8 nitrogen and oxygen atoms in total. The summed E-state index contributed by atoms with van der Waals surface area (Å²) < 4.78 is 15.9. The quantitative estimate of drug-likeness (QED) is 0.726. The van der Waals surface area contributed by atoms with E-state index in [-0.39, 0.29) is 0 Å². The van der Waals surface area contributed by atoms with E-state index < -0.39 is 30.4 Å². The minimum absolute atomic E-state index is 0.425. The minimum Gasteiger partial charge on any atom is -0.486 e. The molecule has 0 bridgehead atoms. The summed E-state index contributed by atoms with van der Waals surface area (Å²) in [7, 11) is 0. The van der Waals surface area contributed by atoms with Crippen LogP contribution in [0.3, 0.4) is 0 Å². The second-order valence-corrected chi connectivity index (χ2v) is 6.34. The zero-order valence-corrected chi connectivity index (χ0v) is 16.0. The highest BCUT2D eigenvalue weighted by Crippen LogP contribution is 2.32. The SMILES string of the molecule is CC[C@@H](C(=O)OCC(=O)NC(=O)Nc1ccc2c(c1)OCCO2)c1ccccc1. The first-order valence-corrected chi connectivity index (χ1v) is 9.29. The molecule has 8 heteroatoms. The third-order valence-electron chi connectivity index (χ3n) is 4.29. The first kappa shape index (κ1) is 20.2. The van der Waals surface area contributed by atoms with Gasteiger partial charge in [-0.05, 0) is 24.1 Å². The molecule has 2 aromatic carbocycles. The van der Waals surface area contributed by atoms with Crippen LogP contribution in [0.2, 0.25) is 0 Å². The number of carbonyl (C=O) groups is 3. The summed E-state index contributed by atoms with van der Waals surface area (Å²) in [4.78, 5) is 36.2. The van der Waals surface area contributed by atoms with Crippen LogP contribution in [0.4, 0.5) is 10.5 Å². The van der Waals surface area contributed by atoms with E-state index in [2.05, 4.69) is 10.6 Å². The second-order valence-electron chi connectivity index (χ2n) is 6.34. The van der Waals surface area contributed by atoms with Crippen LogP contribution in [-0.2, 0) is 14.3 Å². The van der Waals surface area contributed by atoms with Crippen LogP contribution in [0.25, 0.3) is 0 Å². The number of carbonyl (C=O) groups excluding carboxylic acids is 3. The van der Waals surface area contributed by atoms with Gasteiger partial charge in [-0.3, -0.25) is 14.9 Å². The Balaban J connectivity index is 1.47. The second kappa shape index (κ2) is 9.59. The summed E-state index contributed by atoms with van der Waals surface area (Å²) in [6.45, 7) is 2.21. The molecule has 0 spiro atoms. The Kier molecular flexibility index (Phi) is 6.67. The molecule has 0 unspecified atom stereocenters. The molecule has 0 aromatic heterocycles. The van der Waals surface area contributed by atoms with Gasteiger partial charge < -0.3 is 19.5 Å². The molecule has 3 rings (SSSR count). The van der Waals surface area contributed by atoms with Crippen LogP contribution in [-0.4, -0.2) is 37.7 Å². The number of benzene rings is 2. The van der Waals surface area contributed by atoms with Crippen molar-refractivity contribution in [1.82, 2.24) is 5.32 Å². The third kappa shape index (κ3) is 5.47. The molecule has 2 aromatic rings. The van der Waals surface area contributed by atoms with Crippen LogP contribution >= 0.6 is 0 Å². The number of amides is 3. The van der Waals surface area contributed by atoms with Gasteiger partial charge in [0.05, 0.1) is 5.92 Å². The molecule has 2 N–H and O–H groups in total. The van der Waals surface area contributed by atoms with Crippen LogP contribution in [0.15, 0.2) is 48.5 Å². The van der Waals surface area contributed by atoms with Gasteiger partial charge in [0.2, 0.25) is 0 Å². The van der Waals surface area contributed by atoms with Crippen molar-refractivity contribution < 1.29 is 28.6 Å². The molecule has 1 aliphatic heterocycles. The Morgan fingerprint density at radius 1 is 1.03 bits per heavy atom. The predicted molar refractivity (Wildman–Crippen MR) is 105 cm³/mol. The molecule has 0 saturated carbocycles. The lowest BCUT2D eigenvalue weighted by Crippen LogP contribution is -2.37. The van der Waals surface area contributed by atoms with Gasteiger partial charge in [-0.1, -0.05) is 37.3 Å². The lowest BCUT2D eigenvalue weighted by molar-refractivity contribution is -0.149. The molecule has 1 heterocycles. The van der Waals surface area contributed by atoms with E-state index in [1.165, 1.54) is 0 Å². The monoisotopic (exact) mass is 398 g/mol. The van der Waals surface area contributed by atoms with E-state index in [0.717, 1.165) is 5.56 Å². The van der Waals surface area contributed by atoms with Crippen molar-refractivity contribution in [3.63, 3.8) is 0 Å². The van der Waals surface area contributed by atoms with Crippen molar-refractivity contribution >= 4 is 23.6 Å². The molecule has 0 aliphatic carbocycles. The first-order chi connectivity index (χ1) is 14.1. The van der Waals surface area contributed by atoms with E-state index >= 15 is 0 Å². The largest absolute Gasteiger partial charge is 0.486 e. The van der Waals surface area contributed by atoms with E-state index in [4.69, 9.17) is 14.2 Å². The average Bonchev–Trinajstić information content (AvgIpc) is 2.73. The van der Waals surface area contributed by atoms with Gasteiger partial charge in [0.25, 0.3) is 5.91 Å². The maximum Gasteiger partial charge on any atom is 0.325 e. The van der Waals surface area contributed by atoms with Crippen LogP contribution in [0.5, 0.6) is 11.5 Å². The predicted octanol–water partition coefficient (Wildman–Crippen LogP) is 2.84. The van der Waals surface area contributed by atoms with E-state index in [0.29, 0.717) is 36.8 Å². The van der Waals surface area contributed by atoms with Gasteiger partial charge >= 0.3 is 12.0 Å². The van der Waals surface area contributed by atoms with Gasteiger partial charge in [0.1, 0.15) is 13.2 Å². The number of esters is 1. The molecular formula is C21H22N2O6. The van der Waals surface area contributed by atoms with Crippen molar-refractivity contribution in [2.75, 3.05) is 25.1 Å². The lowest BCUT2D eigenvalue weighted by atomic mass is 9.97. The molecule has 0 saturated heterocycles. The lowest BCUT2D eigenvalue weighted by Gasteiger charge is -2.19. The highest BCUT2D eigenvalue weighted by atomic mass is 16.6. The molecule has 0 fully saturated rings. The van der Waals surface area contributed by atoms with Gasteiger partial charge in [0.15, 0.2) is 18.1 Å². The van der Waals surface area contributed by atoms with E-state index in [1.807, 2.05) is 37.3 Å². The topological polar surface area (TPSA) is 103 Å². The van der Waals surface area contributed by atoms with Crippen molar-refractivity contribution in [3.8, 4) is 11.5 Å². The van der Waals surface area contributed by atoms with Gasteiger partial charge in [-0.15, -0.1) is 0 Å². The summed E-state index contributed by atoms with van der Waals surface area (Å²) in [5.74, 6) is -0.595. The number of urea groups is 1. The smallest absolute Gasteiger partial charge is 0.325 e. The molecule has 152 valence electrons. The Morgan fingerprint density at radius 3 is 2.48 bits per heavy atom. The highest BCUT2D eigenvalue weighted by Gasteiger charge is 2.21. The standard InChI is InChI=1S/C21H22N2O6/c1-2-16(14-6-4-3-5-7-14)20(25)29-13-19(24)23-21(26)22-15-8-9-17-18(12-15)28-11-10-27-17/h3-9,12,16H,2,10-11,13H2,1H3,(H2,22,23,24,26)/t16-/m1/s1. The fraction of sp³-hybridized carbons (Fsp3) is 0.286. The number of nitrogens with one attached hydrogen (secondary N) is 2. The average molecular weight is 398 g/mol. The minimum atomic E-state index is -0.738. The Bertz CT molecular complexity index is 884. The summed E-state index contributed by atoms with van der Waals surface area (Å²) in [5.41, 5.74) is 1.25. The number of anilines is 1. The molecular weight excluding hydrogens is 376 g/mol. The van der Waals surface area contributed by atoms with E-state index in [9.17, 15) is 14.4 Å². The summed E-state index contributed by atoms with van der Waals surface area (Å²) in [6, 6.07) is 13.3. The zero-order valence-electron chi connectivity index (χ0n) is 16.0. The van der Waals surface area contributed by atoms with Crippen molar-refractivity contribution in [3.05, 3.63) is 54.1 Å². The number of imide groups is 1. The summed E-state index contributed by atoms with van der Waals surface area (Å²) in [6.07, 6.45) is 0.537. The number of fused-ring (bicyclic) bond motifs is 1. The maximum atomic E-state index is 12.3. The number of rotatable bonds is 6. The fourth-order valence-corrected chi connectivity index (χ4v) is 2.91. The van der Waals surface area contributed by atoms with Gasteiger partial charge in [0, 0.05) is 11.8 Å². The summed E-state index contributed by atoms with van der Waals surface area (Å²) >= 11 is 0. The molecule has 0 radical (unpaired) electrons. The van der Waals surface area contributed by atoms with Gasteiger partial charge in [-0.2, -0.15) is 0 Å². The molecule has 1 aliphatic rings. The Labute approximate surface area is 168 Å². The molecule has 29 heavy (non-hydrogen) atoms. The highest BCUT2D eigenvalue weighted by molar-refractivity contribution is 6.02. The normalized spacial score (nSPS) is 13.1. The third-order valence-corrected chi connectivity index (χ3v) is 4.29. The van der Waals surface area contributed by atoms with Crippen LogP contribution < -0.4 is 20.1 Å². The summed E-state index contributed by atoms with van der Waals surface area (Å²) in [5, 5.41) is 4.65. The van der Waals surface area contributed by atoms with Crippen molar-refractivity contribution in [1.29, 1.82) is 0 Å². The first-order valence-electron chi connectivity index (χ1n) is 9.29. The van der Waals surface area contributed by atoms with Crippen molar-refractivity contribution in [2.24, 2.45) is 0 Å². The number of hydrogen-bond acceptors (Lipinski definition) is 6. The Hall–Kier alpha value is -3.55. The van der Waals surface area contributed by atoms with Crippen molar-refractivity contribution in [2.45, 2.75) is 19.3 Å². The zero-order chi connectivity index (χ0) is 20.6. The van der Waals surface area contributed by atoms with Crippen LogP contribution in [0.1, 0.15) is 24.8 Å².